The standard InChI is InChI=1S/C8H11NO5/c1-4(14-3-10)7-5(2-6(11)12)9-8(7)13/h3-5,7H,2H2,1H3,(H,9,13)(H,11,12)/t4-,5-,7+/m0/s1. The maximum absolute atomic E-state index is 11.0. The van der Waals surface area contributed by atoms with Crippen molar-refractivity contribution in [3.63, 3.8) is 0 Å². The van der Waals surface area contributed by atoms with E-state index in [1.807, 2.05) is 0 Å². The first kappa shape index (κ1) is 10.5. The van der Waals surface area contributed by atoms with E-state index in [9.17, 15) is 14.4 Å². The van der Waals surface area contributed by atoms with E-state index < -0.39 is 24.0 Å². The molecule has 2 N–H and O–H groups in total. The van der Waals surface area contributed by atoms with E-state index >= 15 is 0 Å². The molecular weight excluding hydrogens is 190 g/mol. The van der Waals surface area contributed by atoms with Crippen LogP contribution in [0.3, 0.4) is 0 Å². The fraction of sp³-hybridized carbons (Fsp3) is 0.625. The second-order valence-electron chi connectivity index (χ2n) is 3.18. The van der Waals surface area contributed by atoms with Gasteiger partial charge in [0, 0.05) is 0 Å². The van der Waals surface area contributed by atoms with Crippen LogP contribution in [0.4, 0.5) is 0 Å². The molecule has 0 aromatic rings. The molecular formula is C8H11NO5. The molecule has 3 atom stereocenters. The van der Waals surface area contributed by atoms with Crippen LogP contribution in [0.15, 0.2) is 0 Å². The molecule has 0 aromatic heterocycles. The molecule has 0 spiro atoms. The number of nitrogens with one attached hydrogen (secondary N) is 1. The third kappa shape index (κ3) is 2.01. The normalized spacial score (nSPS) is 27.1. The Balaban J connectivity index is 2.52. The van der Waals surface area contributed by atoms with Crippen LogP contribution in [0.5, 0.6) is 0 Å². The highest BCUT2D eigenvalue weighted by Gasteiger charge is 2.44. The van der Waals surface area contributed by atoms with Gasteiger partial charge in [0.25, 0.3) is 6.47 Å². The van der Waals surface area contributed by atoms with Crippen molar-refractivity contribution in [1.82, 2.24) is 5.32 Å². The molecule has 1 aliphatic heterocycles. The number of rotatable bonds is 5. The molecule has 0 radical (unpaired) electrons. The summed E-state index contributed by atoms with van der Waals surface area (Å²) in [6.45, 7) is 1.82. The third-order valence-corrected chi connectivity index (χ3v) is 2.23. The topological polar surface area (TPSA) is 92.7 Å². The highest BCUT2D eigenvalue weighted by atomic mass is 16.5. The van der Waals surface area contributed by atoms with Gasteiger partial charge in [-0.15, -0.1) is 0 Å². The molecule has 1 heterocycles. The number of aliphatic carboxylic acids is 1. The van der Waals surface area contributed by atoms with Crippen molar-refractivity contribution in [2.45, 2.75) is 25.5 Å². The van der Waals surface area contributed by atoms with Gasteiger partial charge in [-0.05, 0) is 6.92 Å². The highest BCUT2D eigenvalue weighted by molar-refractivity contribution is 5.88. The summed E-state index contributed by atoms with van der Waals surface area (Å²) >= 11 is 0. The minimum absolute atomic E-state index is 0.150. The highest BCUT2D eigenvalue weighted by Crippen LogP contribution is 2.23. The maximum atomic E-state index is 11.0. The van der Waals surface area contributed by atoms with Crippen LogP contribution in [0.1, 0.15) is 13.3 Å². The number of hydrogen-bond acceptors (Lipinski definition) is 4. The summed E-state index contributed by atoms with van der Waals surface area (Å²) in [5, 5.41) is 11.0. The van der Waals surface area contributed by atoms with Crippen molar-refractivity contribution < 1.29 is 24.2 Å². The molecule has 0 bridgehead atoms. The number of carboxylic acid groups (broad SMARTS) is 1. The zero-order valence-electron chi connectivity index (χ0n) is 7.60. The predicted molar refractivity (Wildman–Crippen MR) is 44.3 cm³/mol. The molecule has 0 aromatic carbocycles. The number of β-lactam (4-membered cyclic amide) rings is 1. The number of ether oxygens (including phenoxy) is 1. The Labute approximate surface area is 80.2 Å². The summed E-state index contributed by atoms with van der Waals surface area (Å²) < 4.78 is 4.59. The molecule has 1 rings (SSSR count). The Hall–Kier alpha value is -1.59. The second-order valence-corrected chi connectivity index (χ2v) is 3.18. The Bertz CT molecular complexity index is 264. The van der Waals surface area contributed by atoms with Crippen molar-refractivity contribution >= 4 is 18.3 Å². The lowest BCUT2D eigenvalue weighted by atomic mass is 9.84. The summed E-state index contributed by atoms with van der Waals surface area (Å²) in [6, 6.07) is -0.435. The lowest BCUT2D eigenvalue weighted by Gasteiger charge is -2.38. The molecule has 6 heteroatoms. The minimum Gasteiger partial charge on any atom is -0.481 e. The van der Waals surface area contributed by atoms with Gasteiger partial charge in [0.2, 0.25) is 5.91 Å². The first-order chi connectivity index (χ1) is 6.56. The largest absolute Gasteiger partial charge is 0.481 e. The van der Waals surface area contributed by atoms with E-state index in [0.717, 1.165) is 0 Å². The molecule has 0 saturated carbocycles. The number of carboxylic acids is 1. The molecule has 1 fully saturated rings. The molecule has 0 aliphatic carbocycles. The Morgan fingerprint density at radius 3 is 2.86 bits per heavy atom. The monoisotopic (exact) mass is 201 g/mol. The Kier molecular flexibility index (Phi) is 3.06. The molecule has 1 aliphatic rings. The van der Waals surface area contributed by atoms with Crippen molar-refractivity contribution in [3.8, 4) is 0 Å². The second kappa shape index (κ2) is 4.08. The van der Waals surface area contributed by atoms with Crippen molar-refractivity contribution in [1.29, 1.82) is 0 Å². The van der Waals surface area contributed by atoms with Gasteiger partial charge >= 0.3 is 5.97 Å². The molecule has 0 unspecified atom stereocenters. The molecule has 1 amide bonds. The summed E-state index contributed by atoms with van der Waals surface area (Å²) in [6.07, 6.45) is -0.728. The average Bonchev–Trinajstić information content (AvgIpc) is 2.02. The van der Waals surface area contributed by atoms with Gasteiger partial charge in [-0.2, -0.15) is 0 Å². The first-order valence-corrected chi connectivity index (χ1v) is 4.17. The average molecular weight is 201 g/mol. The molecule has 1 saturated heterocycles. The van der Waals surface area contributed by atoms with E-state index in [2.05, 4.69) is 10.1 Å². The molecule has 6 nitrogen and oxygen atoms in total. The van der Waals surface area contributed by atoms with Gasteiger partial charge in [-0.25, -0.2) is 0 Å². The molecule has 14 heavy (non-hydrogen) atoms. The van der Waals surface area contributed by atoms with E-state index in [1.165, 1.54) is 0 Å². The Morgan fingerprint density at radius 1 is 1.79 bits per heavy atom. The van der Waals surface area contributed by atoms with Crippen molar-refractivity contribution in [2.75, 3.05) is 0 Å². The lowest BCUT2D eigenvalue weighted by Crippen LogP contribution is -2.62. The van der Waals surface area contributed by atoms with Gasteiger partial charge in [0.15, 0.2) is 0 Å². The van der Waals surface area contributed by atoms with Crippen LogP contribution in [-0.2, 0) is 19.1 Å². The fourth-order valence-corrected chi connectivity index (χ4v) is 1.53. The van der Waals surface area contributed by atoms with E-state index in [4.69, 9.17) is 5.11 Å². The number of amides is 1. The minimum atomic E-state index is -0.988. The summed E-state index contributed by atoms with van der Waals surface area (Å²) in [7, 11) is 0. The maximum Gasteiger partial charge on any atom is 0.305 e. The van der Waals surface area contributed by atoms with Crippen LogP contribution in [0.2, 0.25) is 0 Å². The SMILES string of the molecule is C[C@H](OC=O)[C@H]1C(=O)N[C@H]1CC(=O)O. The van der Waals surface area contributed by atoms with Crippen LogP contribution in [0, 0.1) is 5.92 Å². The van der Waals surface area contributed by atoms with Gasteiger partial charge in [-0.3, -0.25) is 14.4 Å². The quantitative estimate of drug-likeness (QED) is 0.446. The van der Waals surface area contributed by atoms with Gasteiger partial charge in [0.1, 0.15) is 6.10 Å². The van der Waals surface area contributed by atoms with Crippen LogP contribution >= 0.6 is 0 Å². The summed E-state index contributed by atoms with van der Waals surface area (Å²) in [5.74, 6) is -1.81. The smallest absolute Gasteiger partial charge is 0.305 e. The number of hydrogen-bond donors (Lipinski definition) is 2. The van der Waals surface area contributed by atoms with E-state index in [1.54, 1.807) is 6.92 Å². The molecule has 78 valence electrons. The predicted octanol–water partition coefficient (Wildman–Crippen LogP) is -0.863. The van der Waals surface area contributed by atoms with Gasteiger partial charge in [-0.1, -0.05) is 0 Å². The van der Waals surface area contributed by atoms with Crippen molar-refractivity contribution in [3.05, 3.63) is 0 Å². The van der Waals surface area contributed by atoms with Crippen LogP contribution in [-0.4, -0.2) is 35.6 Å². The first-order valence-electron chi connectivity index (χ1n) is 4.17. The van der Waals surface area contributed by atoms with Gasteiger partial charge < -0.3 is 15.2 Å². The zero-order valence-corrected chi connectivity index (χ0v) is 7.60. The summed E-state index contributed by atoms with van der Waals surface area (Å²) in [5.41, 5.74) is 0. The number of carbonyl (C=O) groups excluding carboxylic acids is 2. The zero-order chi connectivity index (χ0) is 10.7. The van der Waals surface area contributed by atoms with Gasteiger partial charge in [0.05, 0.1) is 18.4 Å². The lowest BCUT2D eigenvalue weighted by molar-refractivity contribution is -0.151. The fourth-order valence-electron chi connectivity index (χ4n) is 1.53. The van der Waals surface area contributed by atoms with Crippen LogP contribution in [0.25, 0.3) is 0 Å². The van der Waals surface area contributed by atoms with E-state index in [-0.39, 0.29) is 18.8 Å². The van der Waals surface area contributed by atoms with Crippen molar-refractivity contribution in [2.24, 2.45) is 5.92 Å². The van der Waals surface area contributed by atoms with E-state index in [0.29, 0.717) is 0 Å². The number of carbonyl (C=O) groups is 3. The third-order valence-electron chi connectivity index (χ3n) is 2.23. The summed E-state index contributed by atoms with van der Waals surface area (Å²) in [4.78, 5) is 31.4. The Morgan fingerprint density at radius 2 is 2.43 bits per heavy atom. The van der Waals surface area contributed by atoms with Crippen LogP contribution < -0.4 is 5.32 Å².